The van der Waals surface area contributed by atoms with E-state index in [1.807, 2.05) is 0 Å². The van der Waals surface area contributed by atoms with Crippen LogP contribution in [-0.4, -0.2) is 11.8 Å². The molecule has 0 aliphatic heterocycles. The molecule has 0 aliphatic carbocycles. The molecule has 0 saturated carbocycles. The molecule has 0 aromatic heterocycles. The van der Waals surface area contributed by atoms with Gasteiger partial charge < -0.3 is 0 Å². The molecular weight excluding hydrogens is 613 g/mol. The maximum atomic E-state index is 12.6. The van der Waals surface area contributed by atoms with Crippen LogP contribution in [0.5, 0.6) is 0 Å². The third-order valence-electron chi connectivity index (χ3n) is 10.4. The molecule has 0 aromatic carbocycles. The summed E-state index contributed by atoms with van der Waals surface area (Å²) < 4.78 is 0. The number of hydrogen-bond donors (Lipinski definition) is 2. The Morgan fingerprint density at radius 1 is 0.400 bits per heavy atom. The molecule has 0 saturated heterocycles. The van der Waals surface area contributed by atoms with Gasteiger partial charge in [-0.1, -0.05) is 199 Å². The number of carbonyl (C=O) groups is 2. The summed E-state index contributed by atoms with van der Waals surface area (Å²) in [5.41, 5.74) is 5.37. The highest BCUT2D eigenvalue weighted by molar-refractivity contribution is 5.83. The van der Waals surface area contributed by atoms with Crippen molar-refractivity contribution in [3.05, 3.63) is 24.3 Å². The summed E-state index contributed by atoms with van der Waals surface area (Å²) in [6, 6.07) is 0. The summed E-state index contributed by atoms with van der Waals surface area (Å²) in [5, 5.41) is 0. The Kier molecular flexibility index (Phi) is 40.5. The maximum Gasteiger partial charge on any atom is 0.241 e. The number of hydrazine groups is 1. The highest BCUT2D eigenvalue weighted by Crippen LogP contribution is 2.17. The Morgan fingerprint density at radius 2 is 0.720 bits per heavy atom. The van der Waals surface area contributed by atoms with E-state index in [9.17, 15) is 9.59 Å². The molecule has 294 valence electrons. The molecule has 0 radical (unpaired) electrons. The van der Waals surface area contributed by atoms with Crippen LogP contribution in [0, 0.1) is 5.92 Å². The van der Waals surface area contributed by atoms with E-state index >= 15 is 0 Å². The lowest BCUT2D eigenvalue weighted by Gasteiger charge is -2.15. The fraction of sp³-hybridized carbons (Fsp3) is 0.870. The molecule has 0 fully saturated rings. The molecule has 50 heavy (non-hydrogen) atoms. The van der Waals surface area contributed by atoms with Crippen LogP contribution in [0.15, 0.2) is 24.3 Å². The molecular formula is C46H88N2O2. The molecule has 0 rings (SSSR count). The number of rotatable bonds is 39. The van der Waals surface area contributed by atoms with Crippen LogP contribution in [0.4, 0.5) is 0 Å². The predicted octanol–water partition coefficient (Wildman–Crippen LogP) is 15.0. The van der Waals surface area contributed by atoms with Crippen LogP contribution in [0.2, 0.25) is 0 Å². The van der Waals surface area contributed by atoms with E-state index in [1.54, 1.807) is 0 Å². The zero-order valence-corrected chi connectivity index (χ0v) is 34.2. The normalized spacial score (nSPS) is 12.3. The fourth-order valence-electron chi connectivity index (χ4n) is 6.87. The van der Waals surface area contributed by atoms with Crippen molar-refractivity contribution in [3.8, 4) is 0 Å². The third kappa shape index (κ3) is 37.7. The van der Waals surface area contributed by atoms with E-state index in [2.05, 4.69) is 55.9 Å². The second kappa shape index (κ2) is 41.8. The molecule has 0 aromatic rings. The Morgan fingerprint density at radius 3 is 1.08 bits per heavy atom. The van der Waals surface area contributed by atoms with E-state index in [4.69, 9.17) is 0 Å². The summed E-state index contributed by atoms with van der Waals surface area (Å²) in [7, 11) is 0. The van der Waals surface area contributed by atoms with Gasteiger partial charge in [0.25, 0.3) is 0 Å². The molecule has 4 heteroatoms. The first-order chi connectivity index (χ1) is 24.7. The maximum absolute atomic E-state index is 12.6. The highest BCUT2D eigenvalue weighted by atomic mass is 16.2. The van der Waals surface area contributed by atoms with E-state index in [-0.39, 0.29) is 17.7 Å². The zero-order chi connectivity index (χ0) is 36.4. The number of carbonyl (C=O) groups excluding carboxylic acids is 2. The van der Waals surface area contributed by atoms with Gasteiger partial charge >= 0.3 is 0 Å². The third-order valence-corrected chi connectivity index (χ3v) is 10.4. The first kappa shape index (κ1) is 48.4. The van der Waals surface area contributed by atoms with Gasteiger partial charge in [0.15, 0.2) is 0 Å². The minimum absolute atomic E-state index is 0.00391. The lowest BCUT2D eigenvalue weighted by Crippen LogP contribution is -2.44. The quantitative estimate of drug-likeness (QED) is 0.0381. The van der Waals surface area contributed by atoms with Gasteiger partial charge in [0.1, 0.15) is 0 Å². The van der Waals surface area contributed by atoms with Crippen LogP contribution in [0.1, 0.15) is 252 Å². The van der Waals surface area contributed by atoms with Crippen molar-refractivity contribution in [1.82, 2.24) is 10.9 Å². The van der Waals surface area contributed by atoms with Crippen molar-refractivity contribution in [1.29, 1.82) is 0 Å². The fourth-order valence-corrected chi connectivity index (χ4v) is 6.87. The number of unbranched alkanes of at least 4 members (excludes halogenated alkanes) is 29. The summed E-state index contributed by atoms with van der Waals surface area (Å²) in [4.78, 5) is 24.8. The molecule has 2 N–H and O–H groups in total. The molecule has 1 unspecified atom stereocenters. The van der Waals surface area contributed by atoms with Gasteiger partial charge in [-0.05, 0) is 70.6 Å². The smallest absolute Gasteiger partial charge is 0.241 e. The standard InChI is InChI=1S/C46H88N2O2/c1-4-7-9-11-13-15-17-19-21-23-25-27-29-31-33-35-37-39-41-43-45(49)47-48-46(50)44(6-3)42-40-38-36-34-32-30-28-26-24-22-20-18-16-14-12-10-8-5-2/h19-22,44H,4-18,23-43H2,1-3H3,(H,47,49)(H,48,50)/b21-19-,22-20-. The lowest BCUT2D eigenvalue weighted by atomic mass is 9.97. The van der Waals surface area contributed by atoms with Gasteiger partial charge in [0.05, 0.1) is 0 Å². The second-order valence-corrected chi connectivity index (χ2v) is 15.3. The van der Waals surface area contributed by atoms with Crippen molar-refractivity contribution in [2.75, 3.05) is 0 Å². The summed E-state index contributed by atoms with van der Waals surface area (Å²) >= 11 is 0. The van der Waals surface area contributed by atoms with Crippen molar-refractivity contribution < 1.29 is 9.59 Å². The summed E-state index contributed by atoms with van der Waals surface area (Å²) in [6.07, 6.45) is 54.9. The van der Waals surface area contributed by atoms with Crippen molar-refractivity contribution in [3.63, 3.8) is 0 Å². The van der Waals surface area contributed by atoms with Crippen LogP contribution in [0.25, 0.3) is 0 Å². The highest BCUT2D eigenvalue weighted by Gasteiger charge is 2.16. The molecule has 0 aliphatic rings. The Hall–Kier alpha value is -1.58. The van der Waals surface area contributed by atoms with Gasteiger partial charge in [-0.3, -0.25) is 20.4 Å². The molecule has 2 amide bonds. The van der Waals surface area contributed by atoms with Gasteiger partial charge in [0.2, 0.25) is 11.8 Å². The van der Waals surface area contributed by atoms with Gasteiger partial charge in [-0.15, -0.1) is 0 Å². The Balaban J connectivity index is 3.52. The van der Waals surface area contributed by atoms with Crippen LogP contribution in [0.3, 0.4) is 0 Å². The van der Waals surface area contributed by atoms with Crippen molar-refractivity contribution >= 4 is 11.8 Å². The summed E-state index contributed by atoms with van der Waals surface area (Å²) in [5.74, 6) is -0.0831. The second-order valence-electron chi connectivity index (χ2n) is 15.3. The van der Waals surface area contributed by atoms with E-state index in [0.29, 0.717) is 6.42 Å². The van der Waals surface area contributed by atoms with Gasteiger partial charge in [-0.2, -0.15) is 0 Å². The van der Waals surface area contributed by atoms with Gasteiger partial charge in [0, 0.05) is 12.3 Å². The molecule has 4 nitrogen and oxygen atoms in total. The number of nitrogens with one attached hydrogen (secondary N) is 2. The van der Waals surface area contributed by atoms with E-state index < -0.39 is 0 Å². The number of amides is 2. The molecule has 0 bridgehead atoms. The zero-order valence-electron chi connectivity index (χ0n) is 34.2. The first-order valence-corrected chi connectivity index (χ1v) is 22.5. The van der Waals surface area contributed by atoms with Gasteiger partial charge in [-0.25, -0.2) is 0 Å². The Labute approximate surface area is 313 Å². The summed E-state index contributed by atoms with van der Waals surface area (Å²) in [6.45, 7) is 6.63. The van der Waals surface area contributed by atoms with Crippen LogP contribution < -0.4 is 10.9 Å². The van der Waals surface area contributed by atoms with Crippen molar-refractivity contribution in [2.45, 2.75) is 252 Å². The SMILES string of the molecule is CCCCCCCC/C=C\CCCCCCCCCCCC(=O)NNC(=O)C(CC)CCCCCCCCCC/C=C\CCCCCCCC. The Bertz CT molecular complexity index is 761. The number of allylic oxidation sites excluding steroid dienone is 4. The first-order valence-electron chi connectivity index (χ1n) is 22.5. The monoisotopic (exact) mass is 701 g/mol. The van der Waals surface area contributed by atoms with Crippen LogP contribution >= 0.6 is 0 Å². The molecule has 1 atom stereocenters. The van der Waals surface area contributed by atoms with E-state index in [1.165, 1.54) is 193 Å². The predicted molar refractivity (Wildman–Crippen MR) is 221 cm³/mol. The molecule has 0 heterocycles. The molecule has 0 spiro atoms. The minimum Gasteiger partial charge on any atom is -0.273 e. The number of hydrogen-bond acceptors (Lipinski definition) is 2. The van der Waals surface area contributed by atoms with Crippen LogP contribution in [-0.2, 0) is 9.59 Å². The average molecular weight is 701 g/mol. The average Bonchev–Trinajstić information content (AvgIpc) is 3.12. The van der Waals surface area contributed by atoms with Crippen molar-refractivity contribution in [2.24, 2.45) is 5.92 Å². The minimum atomic E-state index is -0.0570. The van der Waals surface area contributed by atoms with E-state index in [0.717, 1.165) is 32.1 Å². The lowest BCUT2D eigenvalue weighted by molar-refractivity contribution is -0.131. The largest absolute Gasteiger partial charge is 0.273 e. The topological polar surface area (TPSA) is 58.2 Å².